The summed E-state index contributed by atoms with van der Waals surface area (Å²) in [7, 11) is 0. The summed E-state index contributed by atoms with van der Waals surface area (Å²) >= 11 is 4.90. The van der Waals surface area contributed by atoms with E-state index in [9.17, 15) is 0 Å². The molecule has 0 aliphatic rings. The Balaban J connectivity index is 2.24. The van der Waals surface area contributed by atoms with Gasteiger partial charge >= 0.3 is 6.01 Å². The van der Waals surface area contributed by atoms with E-state index >= 15 is 0 Å². The molecular weight excluding hydrogens is 352 g/mol. The van der Waals surface area contributed by atoms with Crippen molar-refractivity contribution in [3.8, 4) is 6.01 Å². The van der Waals surface area contributed by atoms with Gasteiger partial charge in [0, 0.05) is 15.9 Å². The third-order valence-corrected chi connectivity index (χ3v) is 3.69. The van der Waals surface area contributed by atoms with Crippen LogP contribution in [0.25, 0.3) is 0 Å². The molecule has 0 saturated carbocycles. The molecule has 0 aliphatic carbocycles. The fourth-order valence-electron chi connectivity index (χ4n) is 1.49. The summed E-state index contributed by atoms with van der Waals surface area (Å²) in [6.07, 6.45) is 0.0207. The third kappa shape index (κ3) is 5.17. The summed E-state index contributed by atoms with van der Waals surface area (Å²) in [6.45, 7) is 6.62. The Bertz CT molecular complexity index is 592. The van der Waals surface area contributed by atoms with Gasteiger partial charge in [0.15, 0.2) is 0 Å². The first-order valence-electron chi connectivity index (χ1n) is 6.67. The fraction of sp³-hybridized carbons (Fsp3) is 0.357. The Labute approximate surface area is 137 Å². The molecule has 1 aromatic carbocycles. The van der Waals surface area contributed by atoms with Crippen LogP contribution in [0.2, 0.25) is 0 Å². The Morgan fingerprint density at radius 3 is 2.52 bits per heavy atom. The van der Waals surface area contributed by atoms with Crippen LogP contribution in [-0.4, -0.2) is 27.6 Å². The number of anilines is 1. The molecule has 7 heteroatoms. The van der Waals surface area contributed by atoms with E-state index in [4.69, 9.17) is 4.74 Å². The summed E-state index contributed by atoms with van der Waals surface area (Å²) in [6, 6.07) is 8.33. The van der Waals surface area contributed by atoms with Gasteiger partial charge in [-0.1, -0.05) is 15.9 Å². The maximum Gasteiger partial charge on any atom is 0.322 e. The van der Waals surface area contributed by atoms with Crippen molar-refractivity contribution in [2.24, 2.45) is 0 Å². The van der Waals surface area contributed by atoms with E-state index < -0.39 is 0 Å². The van der Waals surface area contributed by atoms with Gasteiger partial charge in [-0.25, -0.2) is 0 Å². The minimum atomic E-state index is 0.0207. The number of hydrogen-bond acceptors (Lipinski definition) is 6. The van der Waals surface area contributed by atoms with Crippen molar-refractivity contribution in [2.45, 2.75) is 36.9 Å². The standard InChI is InChI=1S/C14H17BrN4OS/c1-4-16-12-17-13(20-9(2)3)19-14(18-12)21-11-7-5-10(15)6-8-11/h5-9H,4H2,1-3H3,(H,16,17,18,19). The number of rotatable bonds is 6. The monoisotopic (exact) mass is 368 g/mol. The average Bonchev–Trinajstić information content (AvgIpc) is 2.41. The van der Waals surface area contributed by atoms with Crippen molar-refractivity contribution in [2.75, 3.05) is 11.9 Å². The molecule has 0 fully saturated rings. The highest BCUT2D eigenvalue weighted by atomic mass is 79.9. The van der Waals surface area contributed by atoms with E-state index in [2.05, 4.69) is 36.2 Å². The van der Waals surface area contributed by atoms with Crippen LogP contribution in [0.1, 0.15) is 20.8 Å². The largest absolute Gasteiger partial charge is 0.461 e. The molecule has 0 spiro atoms. The van der Waals surface area contributed by atoms with Crippen molar-refractivity contribution in [3.63, 3.8) is 0 Å². The lowest BCUT2D eigenvalue weighted by Gasteiger charge is -2.10. The predicted molar refractivity (Wildman–Crippen MR) is 88.0 cm³/mol. The molecule has 1 N–H and O–H groups in total. The second kappa shape index (κ2) is 7.61. The van der Waals surface area contributed by atoms with Gasteiger partial charge in [0.1, 0.15) is 0 Å². The summed E-state index contributed by atoms with van der Waals surface area (Å²) in [5, 5.41) is 3.70. The van der Waals surface area contributed by atoms with Gasteiger partial charge in [0.2, 0.25) is 11.1 Å². The van der Waals surface area contributed by atoms with Gasteiger partial charge in [-0.05, 0) is 56.8 Å². The molecule has 1 aromatic heterocycles. The van der Waals surface area contributed by atoms with Crippen LogP contribution >= 0.6 is 27.7 Å². The van der Waals surface area contributed by atoms with Crippen LogP contribution < -0.4 is 10.1 Å². The molecule has 0 aliphatic heterocycles. The van der Waals surface area contributed by atoms with Crippen LogP contribution in [-0.2, 0) is 0 Å². The zero-order valence-electron chi connectivity index (χ0n) is 12.1. The van der Waals surface area contributed by atoms with E-state index in [-0.39, 0.29) is 6.10 Å². The molecule has 1 heterocycles. The number of nitrogens with zero attached hydrogens (tertiary/aromatic N) is 3. The van der Waals surface area contributed by atoms with Crippen LogP contribution in [0.3, 0.4) is 0 Å². The molecule has 112 valence electrons. The second-order valence-electron chi connectivity index (χ2n) is 4.48. The Morgan fingerprint density at radius 2 is 1.90 bits per heavy atom. The van der Waals surface area contributed by atoms with Gasteiger partial charge in [-0.3, -0.25) is 0 Å². The number of hydrogen-bond donors (Lipinski definition) is 1. The molecule has 0 atom stereocenters. The summed E-state index contributed by atoms with van der Waals surface area (Å²) in [4.78, 5) is 14.0. The van der Waals surface area contributed by atoms with Gasteiger partial charge in [0.25, 0.3) is 0 Å². The van der Waals surface area contributed by atoms with Gasteiger partial charge < -0.3 is 10.1 Å². The molecule has 0 bridgehead atoms. The maximum absolute atomic E-state index is 5.58. The number of ether oxygens (including phenoxy) is 1. The first kappa shape index (κ1) is 16.0. The van der Waals surface area contributed by atoms with E-state index in [0.29, 0.717) is 17.1 Å². The van der Waals surface area contributed by atoms with Crippen molar-refractivity contribution in [3.05, 3.63) is 28.7 Å². The first-order chi connectivity index (χ1) is 10.1. The number of benzene rings is 1. The molecule has 2 aromatic rings. The zero-order valence-corrected chi connectivity index (χ0v) is 14.5. The normalized spacial score (nSPS) is 10.7. The topological polar surface area (TPSA) is 59.9 Å². The Morgan fingerprint density at radius 1 is 1.19 bits per heavy atom. The quantitative estimate of drug-likeness (QED) is 0.831. The van der Waals surface area contributed by atoms with Crippen LogP contribution in [0, 0.1) is 0 Å². The summed E-state index contributed by atoms with van der Waals surface area (Å²) in [5.74, 6) is 0.530. The molecule has 0 amide bonds. The highest BCUT2D eigenvalue weighted by Gasteiger charge is 2.10. The van der Waals surface area contributed by atoms with Gasteiger partial charge in [0.05, 0.1) is 6.10 Å². The van der Waals surface area contributed by atoms with E-state index in [1.807, 2.05) is 45.0 Å². The smallest absolute Gasteiger partial charge is 0.322 e. The van der Waals surface area contributed by atoms with Gasteiger partial charge in [-0.2, -0.15) is 15.0 Å². The second-order valence-corrected chi connectivity index (χ2v) is 6.43. The average molecular weight is 369 g/mol. The van der Waals surface area contributed by atoms with Crippen LogP contribution in [0.15, 0.2) is 38.8 Å². The van der Waals surface area contributed by atoms with Crippen molar-refractivity contribution >= 4 is 33.6 Å². The highest BCUT2D eigenvalue weighted by molar-refractivity contribution is 9.10. The fourth-order valence-corrected chi connectivity index (χ4v) is 2.50. The number of aromatic nitrogens is 3. The Hall–Kier alpha value is -1.34. The number of nitrogens with one attached hydrogen (secondary N) is 1. The lowest BCUT2D eigenvalue weighted by atomic mass is 10.4. The van der Waals surface area contributed by atoms with Crippen LogP contribution in [0.4, 0.5) is 5.95 Å². The van der Waals surface area contributed by atoms with Crippen molar-refractivity contribution in [1.82, 2.24) is 15.0 Å². The zero-order chi connectivity index (χ0) is 15.2. The van der Waals surface area contributed by atoms with E-state index in [1.165, 1.54) is 11.8 Å². The lowest BCUT2D eigenvalue weighted by Crippen LogP contribution is -2.11. The minimum Gasteiger partial charge on any atom is -0.461 e. The van der Waals surface area contributed by atoms with Crippen molar-refractivity contribution < 1.29 is 4.74 Å². The molecule has 0 radical (unpaired) electrons. The third-order valence-electron chi connectivity index (χ3n) is 2.29. The maximum atomic E-state index is 5.58. The first-order valence-corrected chi connectivity index (χ1v) is 8.27. The molecule has 2 rings (SSSR count). The predicted octanol–water partition coefficient (Wildman–Crippen LogP) is 4.00. The molecule has 0 saturated heterocycles. The Kier molecular flexibility index (Phi) is 5.81. The number of halogens is 1. The van der Waals surface area contributed by atoms with Gasteiger partial charge in [-0.15, -0.1) is 0 Å². The molecule has 5 nitrogen and oxygen atoms in total. The molecular formula is C14H17BrN4OS. The SMILES string of the molecule is CCNc1nc(OC(C)C)nc(Sc2ccc(Br)cc2)n1. The molecule has 21 heavy (non-hydrogen) atoms. The van der Waals surface area contributed by atoms with Crippen LogP contribution in [0.5, 0.6) is 6.01 Å². The van der Waals surface area contributed by atoms with Crippen molar-refractivity contribution in [1.29, 1.82) is 0 Å². The van der Waals surface area contributed by atoms with E-state index in [0.717, 1.165) is 15.9 Å². The lowest BCUT2D eigenvalue weighted by molar-refractivity contribution is 0.219. The van der Waals surface area contributed by atoms with E-state index in [1.54, 1.807) is 0 Å². The minimum absolute atomic E-state index is 0.0207. The molecule has 0 unspecified atom stereocenters. The summed E-state index contributed by atoms with van der Waals surface area (Å²) < 4.78 is 6.62. The highest BCUT2D eigenvalue weighted by Crippen LogP contribution is 2.27. The summed E-state index contributed by atoms with van der Waals surface area (Å²) in [5.41, 5.74) is 0.